The summed E-state index contributed by atoms with van der Waals surface area (Å²) in [6.45, 7) is 3.74. The molecule has 0 atom stereocenters. The maximum atomic E-state index is 13.0. The first-order valence-electron chi connectivity index (χ1n) is 9.30. The minimum absolute atomic E-state index is 0.125. The van der Waals surface area contributed by atoms with Crippen molar-refractivity contribution in [1.29, 1.82) is 0 Å². The smallest absolute Gasteiger partial charge is 0.262 e. The molecule has 3 rings (SSSR count). The molecule has 0 aliphatic rings. The first kappa shape index (κ1) is 22.5. The lowest BCUT2D eigenvalue weighted by Gasteiger charge is -2.07. The third-order valence-electron chi connectivity index (χ3n) is 3.86. The summed E-state index contributed by atoms with van der Waals surface area (Å²) >= 11 is 2.58. The highest BCUT2D eigenvalue weighted by molar-refractivity contribution is 8.01. The van der Waals surface area contributed by atoms with Crippen molar-refractivity contribution in [2.45, 2.75) is 4.34 Å². The molecule has 0 radical (unpaired) electrons. The molecule has 0 unspecified atom stereocenters. The predicted octanol–water partition coefficient (Wildman–Crippen LogP) is 4.36. The van der Waals surface area contributed by atoms with Crippen LogP contribution >= 0.6 is 23.1 Å². The fraction of sp³-hybridized carbons (Fsp3) is 0.136. The van der Waals surface area contributed by atoms with Gasteiger partial charge < -0.3 is 15.4 Å². The number of halogens is 1. The summed E-state index contributed by atoms with van der Waals surface area (Å²) in [5.74, 6) is -0.274. The van der Waals surface area contributed by atoms with Crippen LogP contribution in [0, 0.1) is 5.82 Å². The largest absolute Gasteiger partial charge is 0.484 e. The van der Waals surface area contributed by atoms with Crippen molar-refractivity contribution in [3.8, 4) is 17.0 Å². The minimum Gasteiger partial charge on any atom is -0.484 e. The molecule has 0 saturated carbocycles. The third-order valence-corrected chi connectivity index (χ3v) is 5.98. The number of nitrogens with one attached hydrogen (secondary N) is 2. The number of hydrogen-bond acceptors (Lipinski definition) is 6. The summed E-state index contributed by atoms with van der Waals surface area (Å²) in [7, 11) is 0. The molecule has 31 heavy (non-hydrogen) atoms. The number of rotatable bonds is 10. The monoisotopic (exact) mass is 457 g/mol. The van der Waals surface area contributed by atoms with E-state index < -0.39 is 0 Å². The number of hydrogen-bond donors (Lipinski definition) is 2. The van der Waals surface area contributed by atoms with Crippen LogP contribution in [0.5, 0.6) is 5.75 Å². The van der Waals surface area contributed by atoms with Crippen LogP contribution in [0.15, 0.2) is 71.6 Å². The molecule has 1 aromatic heterocycles. The minimum atomic E-state index is -0.378. The number of carbonyl (C=O) groups excluding carboxylic acids is 2. The van der Waals surface area contributed by atoms with Gasteiger partial charge >= 0.3 is 0 Å². The lowest BCUT2D eigenvalue weighted by atomic mass is 10.2. The molecule has 0 bridgehead atoms. The van der Waals surface area contributed by atoms with Crippen LogP contribution in [0.1, 0.15) is 0 Å². The number of thioether (sulfide) groups is 1. The van der Waals surface area contributed by atoms with E-state index in [1.54, 1.807) is 6.08 Å². The van der Waals surface area contributed by atoms with Gasteiger partial charge in [0.2, 0.25) is 5.91 Å². The van der Waals surface area contributed by atoms with E-state index in [9.17, 15) is 14.0 Å². The van der Waals surface area contributed by atoms with Crippen molar-refractivity contribution in [2.75, 3.05) is 24.2 Å². The van der Waals surface area contributed by atoms with Gasteiger partial charge in [-0.25, -0.2) is 9.37 Å². The normalized spacial score (nSPS) is 10.4. The van der Waals surface area contributed by atoms with Crippen molar-refractivity contribution in [3.05, 3.63) is 73.1 Å². The Hall–Kier alpha value is -3.17. The predicted molar refractivity (Wildman–Crippen MR) is 122 cm³/mol. The molecule has 2 amide bonds. The van der Waals surface area contributed by atoms with Gasteiger partial charge in [-0.2, -0.15) is 0 Å². The van der Waals surface area contributed by atoms with Gasteiger partial charge in [0.15, 0.2) is 10.9 Å². The number of anilines is 1. The van der Waals surface area contributed by atoms with E-state index in [2.05, 4.69) is 22.2 Å². The van der Waals surface area contributed by atoms with E-state index in [0.717, 1.165) is 5.56 Å². The molecule has 9 heteroatoms. The zero-order valence-corrected chi connectivity index (χ0v) is 18.1. The van der Waals surface area contributed by atoms with Gasteiger partial charge in [0.25, 0.3) is 5.91 Å². The Balaban J connectivity index is 1.68. The molecule has 3 aromatic rings. The molecule has 6 nitrogen and oxygen atoms in total. The van der Waals surface area contributed by atoms with E-state index >= 15 is 0 Å². The highest BCUT2D eigenvalue weighted by atomic mass is 32.2. The molecule has 0 aliphatic heterocycles. The second-order valence-corrected chi connectivity index (χ2v) is 8.42. The van der Waals surface area contributed by atoms with Crippen molar-refractivity contribution in [2.24, 2.45) is 0 Å². The second-order valence-electron chi connectivity index (χ2n) is 6.20. The molecule has 0 saturated heterocycles. The summed E-state index contributed by atoms with van der Waals surface area (Å²) in [6, 6.07) is 14.9. The molecule has 0 fully saturated rings. The summed E-state index contributed by atoms with van der Waals surface area (Å²) < 4.78 is 19.0. The Kier molecular flexibility index (Phi) is 8.19. The Bertz CT molecular complexity index is 1040. The number of thiazole rings is 1. The van der Waals surface area contributed by atoms with Crippen LogP contribution in [-0.4, -0.2) is 35.7 Å². The van der Waals surface area contributed by atoms with Crippen molar-refractivity contribution < 1.29 is 18.7 Å². The molecule has 2 N–H and O–H groups in total. The van der Waals surface area contributed by atoms with Crippen LogP contribution in [0.4, 0.5) is 9.39 Å². The van der Waals surface area contributed by atoms with Gasteiger partial charge in [0.1, 0.15) is 22.3 Å². The first-order valence-corrected chi connectivity index (χ1v) is 11.1. The maximum absolute atomic E-state index is 13.0. The number of aromatic nitrogens is 1. The fourth-order valence-electron chi connectivity index (χ4n) is 2.45. The van der Waals surface area contributed by atoms with Crippen LogP contribution in [-0.2, 0) is 9.59 Å². The number of carbonyl (C=O) groups is 2. The quantitative estimate of drug-likeness (QED) is 0.349. The zero-order valence-electron chi connectivity index (χ0n) is 16.5. The van der Waals surface area contributed by atoms with Crippen molar-refractivity contribution in [3.63, 3.8) is 0 Å². The molecule has 160 valence electrons. The summed E-state index contributed by atoms with van der Waals surface area (Å²) in [4.78, 5) is 28.9. The second kappa shape index (κ2) is 11.3. The topological polar surface area (TPSA) is 80.3 Å². The van der Waals surface area contributed by atoms with Crippen molar-refractivity contribution in [1.82, 2.24) is 10.3 Å². The summed E-state index contributed by atoms with van der Waals surface area (Å²) in [5, 5.41) is 6.10. The van der Waals surface area contributed by atoms with E-state index in [0.29, 0.717) is 27.3 Å². The average Bonchev–Trinajstić information content (AvgIpc) is 3.19. The number of benzene rings is 2. The van der Waals surface area contributed by atoms with E-state index in [1.165, 1.54) is 47.4 Å². The third kappa shape index (κ3) is 6.94. The Labute approximate surface area is 187 Å². The first-order chi connectivity index (χ1) is 15.0. The lowest BCUT2D eigenvalue weighted by molar-refractivity contribution is -0.119. The van der Waals surface area contributed by atoms with Gasteiger partial charge in [-0.15, -0.1) is 6.58 Å². The standard InChI is InChI=1S/C22H20FN3O3S2/c1-2-12-24-19(28)14-30-22-26-20(15-6-4-3-5-7-15)21(31-22)25-18(27)13-29-17-10-8-16(23)9-11-17/h2-11H,1,12-14H2,(H,24,28)(H,25,27). The summed E-state index contributed by atoms with van der Waals surface area (Å²) in [6.07, 6.45) is 1.61. The van der Waals surface area contributed by atoms with Crippen LogP contribution in [0.3, 0.4) is 0 Å². The van der Waals surface area contributed by atoms with E-state index in [-0.39, 0.29) is 30.0 Å². The maximum Gasteiger partial charge on any atom is 0.262 e. The molecular formula is C22H20FN3O3S2. The van der Waals surface area contributed by atoms with Gasteiger partial charge in [0, 0.05) is 12.1 Å². The lowest BCUT2D eigenvalue weighted by Crippen LogP contribution is -2.24. The van der Waals surface area contributed by atoms with Gasteiger partial charge in [0.05, 0.1) is 5.75 Å². The Morgan fingerprint density at radius 1 is 1.13 bits per heavy atom. The highest BCUT2D eigenvalue weighted by Crippen LogP contribution is 2.37. The fourth-order valence-corrected chi connectivity index (χ4v) is 4.36. The van der Waals surface area contributed by atoms with Gasteiger partial charge in [-0.05, 0) is 24.3 Å². The molecular weight excluding hydrogens is 437 g/mol. The zero-order chi connectivity index (χ0) is 22.1. The van der Waals surface area contributed by atoms with Crippen LogP contribution in [0.25, 0.3) is 11.3 Å². The average molecular weight is 458 g/mol. The molecule has 2 aromatic carbocycles. The van der Waals surface area contributed by atoms with Crippen LogP contribution < -0.4 is 15.4 Å². The molecule has 0 spiro atoms. The van der Waals surface area contributed by atoms with E-state index in [1.807, 2.05) is 30.3 Å². The number of ether oxygens (including phenoxy) is 1. The van der Waals surface area contributed by atoms with Crippen molar-refractivity contribution >= 4 is 39.9 Å². The van der Waals surface area contributed by atoms with Gasteiger partial charge in [-0.1, -0.05) is 59.5 Å². The molecule has 1 heterocycles. The Morgan fingerprint density at radius 2 is 1.87 bits per heavy atom. The summed E-state index contributed by atoms with van der Waals surface area (Å²) in [5.41, 5.74) is 1.46. The Morgan fingerprint density at radius 3 is 2.58 bits per heavy atom. The van der Waals surface area contributed by atoms with E-state index in [4.69, 9.17) is 4.74 Å². The van der Waals surface area contributed by atoms with Gasteiger partial charge in [-0.3, -0.25) is 9.59 Å². The number of amides is 2. The highest BCUT2D eigenvalue weighted by Gasteiger charge is 2.17. The van der Waals surface area contributed by atoms with Crippen LogP contribution in [0.2, 0.25) is 0 Å². The SMILES string of the molecule is C=CCNC(=O)CSc1nc(-c2ccccc2)c(NC(=O)COc2ccc(F)cc2)s1. The molecule has 0 aliphatic carbocycles. The number of nitrogens with zero attached hydrogens (tertiary/aromatic N) is 1.